The van der Waals surface area contributed by atoms with Gasteiger partial charge < -0.3 is 10.1 Å². The quantitative estimate of drug-likeness (QED) is 0.709. The molecular weight excluding hydrogens is 355 g/mol. The van der Waals surface area contributed by atoms with E-state index in [1.165, 1.54) is 12.1 Å². The summed E-state index contributed by atoms with van der Waals surface area (Å²) in [5, 5.41) is 3.17. The molecule has 1 aliphatic rings. The van der Waals surface area contributed by atoms with Crippen molar-refractivity contribution in [1.82, 2.24) is 10.2 Å². The minimum absolute atomic E-state index is 0.0270. The molecule has 0 unspecified atom stereocenters. The second-order valence-electron chi connectivity index (χ2n) is 7.31. The van der Waals surface area contributed by atoms with E-state index in [1.54, 1.807) is 19.2 Å². The smallest absolute Gasteiger partial charge is 0.230 e. The predicted molar refractivity (Wildman–Crippen MR) is 109 cm³/mol. The van der Waals surface area contributed by atoms with Crippen LogP contribution in [0.25, 0.3) is 0 Å². The molecule has 5 heteroatoms. The summed E-state index contributed by atoms with van der Waals surface area (Å²) >= 11 is 0. The maximum Gasteiger partial charge on any atom is 0.230 e. The van der Waals surface area contributed by atoms with E-state index in [0.29, 0.717) is 6.54 Å². The summed E-state index contributed by atoms with van der Waals surface area (Å²) in [6.45, 7) is 6.55. The summed E-state index contributed by atoms with van der Waals surface area (Å²) in [5.41, 5.74) is 1.51. The van der Waals surface area contributed by atoms with Crippen LogP contribution >= 0.6 is 0 Å². The molecule has 150 valence electrons. The van der Waals surface area contributed by atoms with Gasteiger partial charge >= 0.3 is 0 Å². The van der Waals surface area contributed by atoms with Crippen molar-refractivity contribution in [1.29, 1.82) is 0 Å². The Morgan fingerprint density at radius 3 is 2.43 bits per heavy atom. The minimum atomic E-state index is -0.504. The summed E-state index contributed by atoms with van der Waals surface area (Å²) < 4.78 is 18.6. The molecule has 3 rings (SSSR count). The number of carbonyl (C=O) groups excluding carboxylic acids is 1. The third-order valence-corrected chi connectivity index (χ3v) is 5.77. The van der Waals surface area contributed by atoms with Crippen LogP contribution in [0, 0.1) is 5.82 Å². The number of methoxy groups -OCH3 is 1. The van der Waals surface area contributed by atoms with Gasteiger partial charge in [-0.3, -0.25) is 9.69 Å². The maximum absolute atomic E-state index is 13.3. The average Bonchev–Trinajstić information content (AvgIpc) is 3.53. The molecule has 1 atom stereocenters. The Hall–Kier alpha value is -2.40. The molecule has 0 aromatic heterocycles. The van der Waals surface area contributed by atoms with Crippen LogP contribution in [0.1, 0.15) is 43.9 Å². The molecule has 0 saturated heterocycles. The SMILES string of the molecule is CCN(CC)[C@H](CNC(=O)C1(c2ccc(F)cc2)CC1)c1cccc(OC)c1. The number of nitrogens with zero attached hydrogens (tertiary/aromatic N) is 1. The van der Waals surface area contributed by atoms with Gasteiger partial charge in [0.1, 0.15) is 11.6 Å². The number of amides is 1. The van der Waals surface area contributed by atoms with Crippen LogP contribution in [0.2, 0.25) is 0 Å². The van der Waals surface area contributed by atoms with Crippen molar-refractivity contribution in [3.05, 3.63) is 65.5 Å². The van der Waals surface area contributed by atoms with E-state index >= 15 is 0 Å². The van der Waals surface area contributed by atoms with Gasteiger partial charge in [-0.25, -0.2) is 4.39 Å². The highest BCUT2D eigenvalue weighted by Gasteiger charge is 2.51. The third kappa shape index (κ3) is 4.20. The molecule has 1 fully saturated rings. The van der Waals surface area contributed by atoms with Gasteiger partial charge in [0.05, 0.1) is 18.6 Å². The number of nitrogens with one attached hydrogen (secondary N) is 1. The lowest BCUT2D eigenvalue weighted by atomic mass is 9.94. The first-order chi connectivity index (χ1) is 13.5. The summed E-state index contributed by atoms with van der Waals surface area (Å²) in [4.78, 5) is 15.3. The van der Waals surface area contributed by atoms with Crippen molar-refractivity contribution in [3.8, 4) is 5.75 Å². The van der Waals surface area contributed by atoms with Gasteiger partial charge in [-0.05, 0) is 61.3 Å². The predicted octanol–water partition coefficient (Wildman–Crippen LogP) is 4.07. The van der Waals surface area contributed by atoms with Crippen LogP contribution in [0.4, 0.5) is 4.39 Å². The summed E-state index contributed by atoms with van der Waals surface area (Å²) in [6.07, 6.45) is 1.61. The summed E-state index contributed by atoms with van der Waals surface area (Å²) in [5.74, 6) is 0.560. The zero-order valence-electron chi connectivity index (χ0n) is 16.9. The monoisotopic (exact) mass is 384 g/mol. The van der Waals surface area contributed by atoms with E-state index in [4.69, 9.17) is 4.74 Å². The number of carbonyl (C=O) groups is 1. The van der Waals surface area contributed by atoms with E-state index < -0.39 is 5.41 Å². The second-order valence-corrected chi connectivity index (χ2v) is 7.31. The Morgan fingerprint density at radius 2 is 1.86 bits per heavy atom. The Kier molecular flexibility index (Phi) is 6.35. The highest BCUT2D eigenvalue weighted by atomic mass is 19.1. The standard InChI is InChI=1S/C23H29FN2O2/c1-4-26(5-2)21(17-7-6-8-20(15-17)28-3)16-25-22(27)23(13-14-23)18-9-11-19(24)12-10-18/h6-12,15,21H,4-5,13-14,16H2,1-3H3,(H,25,27)/t21-/m1/s1. The largest absolute Gasteiger partial charge is 0.497 e. The number of hydrogen-bond acceptors (Lipinski definition) is 3. The van der Waals surface area contributed by atoms with Crippen molar-refractivity contribution < 1.29 is 13.9 Å². The van der Waals surface area contributed by atoms with Crippen molar-refractivity contribution >= 4 is 5.91 Å². The lowest BCUT2D eigenvalue weighted by Crippen LogP contribution is -2.41. The molecule has 1 N–H and O–H groups in total. The average molecular weight is 384 g/mol. The Morgan fingerprint density at radius 1 is 1.18 bits per heavy atom. The molecule has 0 heterocycles. The maximum atomic E-state index is 13.3. The second kappa shape index (κ2) is 8.74. The normalized spacial score (nSPS) is 15.9. The molecule has 0 radical (unpaired) electrons. The van der Waals surface area contributed by atoms with Gasteiger partial charge in [0.25, 0.3) is 0 Å². The molecule has 28 heavy (non-hydrogen) atoms. The topological polar surface area (TPSA) is 41.6 Å². The molecule has 1 amide bonds. The summed E-state index contributed by atoms with van der Waals surface area (Å²) in [6, 6.07) is 14.4. The van der Waals surface area contributed by atoms with Crippen LogP contribution in [-0.4, -0.2) is 37.6 Å². The number of hydrogen-bond donors (Lipinski definition) is 1. The van der Waals surface area contributed by atoms with Crippen LogP contribution in [0.5, 0.6) is 5.75 Å². The highest BCUT2D eigenvalue weighted by molar-refractivity contribution is 5.91. The fraction of sp³-hybridized carbons (Fsp3) is 0.435. The summed E-state index contributed by atoms with van der Waals surface area (Å²) in [7, 11) is 1.66. The zero-order valence-corrected chi connectivity index (χ0v) is 16.9. The van der Waals surface area contributed by atoms with Gasteiger partial charge in [-0.2, -0.15) is 0 Å². The van der Waals surface area contributed by atoms with Gasteiger partial charge in [0, 0.05) is 6.54 Å². The fourth-order valence-electron chi connectivity index (χ4n) is 3.87. The van der Waals surface area contributed by atoms with E-state index in [1.807, 2.05) is 18.2 Å². The van der Waals surface area contributed by atoms with Crippen molar-refractivity contribution in [3.63, 3.8) is 0 Å². The van der Waals surface area contributed by atoms with E-state index in [2.05, 4.69) is 30.1 Å². The van der Waals surface area contributed by atoms with Crippen molar-refractivity contribution in [2.75, 3.05) is 26.7 Å². The van der Waals surface area contributed by atoms with Crippen molar-refractivity contribution in [2.24, 2.45) is 0 Å². The number of halogens is 1. The lowest BCUT2D eigenvalue weighted by Gasteiger charge is -2.31. The first kappa shape index (κ1) is 20.3. The first-order valence-electron chi connectivity index (χ1n) is 9.96. The number of benzene rings is 2. The lowest BCUT2D eigenvalue weighted by molar-refractivity contribution is -0.123. The van der Waals surface area contributed by atoms with Crippen LogP contribution in [-0.2, 0) is 10.2 Å². The van der Waals surface area contributed by atoms with Crippen LogP contribution < -0.4 is 10.1 Å². The fourth-order valence-corrected chi connectivity index (χ4v) is 3.87. The minimum Gasteiger partial charge on any atom is -0.497 e. The Bertz CT molecular complexity index is 799. The van der Waals surface area contributed by atoms with Gasteiger partial charge in [-0.1, -0.05) is 38.1 Å². The molecule has 0 bridgehead atoms. The molecule has 0 spiro atoms. The molecule has 4 nitrogen and oxygen atoms in total. The molecule has 2 aromatic carbocycles. The Labute approximate surface area is 166 Å². The van der Waals surface area contributed by atoms with E-state index in [0.717, 1.165) is 42.8 Å². The van der Waals surface area contributed by atoms with E-state index in [-0.39, 0.29) is 17.8 Å². The first-order valence-corrected chi connectivity index (χ1v) is 9.96. The van der Waals surface area contributed by atoms with E-state index in [9.17, 15) is 9.18 Å². The number of likely N-dealkylation sites (N-methyl/N-ethyl adjacent to an activating group) is 1. The van der Waals surface area contributed by atoms with Gasteiger partial charge in [-0.15, -0.1) is 0 Å². The number of rotatable bonds is 9. The number of ether oxygens (including phenoxy) is 1. The molecular formula is C23H29FN2O2. The highest BCUT2D eigenvalue weighted by Crippen LogP contribution is 2.48. The zero-order chi connectivity index (χ0) is 20.1. The molecule has 0 aliphatic heterocycles. The van der Waals surface area contributed by atoms with Gasteiger partial charge in [0.15, 0.2) is 0 Å². The molecule has 1 aliphatic carbocycles. The Balaban J connectivity index is 1.76. The van der Waals surface area contributed by atoms with Crippen molar-refractivity contribution in [2.45, 2.75) is 38.1 Å². The molecule has 2 aromatic rings. The third-order valence-electron chi connectivity index (χ3n) is 5.77. The molecule has 1 saturated carbocycles. The van der Waals surface area contributed by atoms with Gasteiger partial charge in [0.2, 0.25) is 5.91 Å². The van der Waals surface area contributed by atoms with Crippen LogP contribution in [0.15, 0.2) is 48.5 Å². The van der Waals surface area contributed by atoms with Crippen LogP contribution in [0.3, 0.4) is 0 Å².